The van der Waals surface area contributed by atoms with Gasteiger partial charge in [0.1, 0.15) is 0 Å². The number of nitrogens with zero attached hydrogens (tertiary/aromatic N) is 2. The molecule has 50 valence electrons. The Bertz CT molecular complexity index is 273. The fourth-order valence-electron chi connectivity index (χ4n) is 0.803. The van der Waals surface area contributed by atoms with Crippen LogP contribution in [0.3, 0.4) is 0 Å². The summed E-state index contributed by atoms with van der Waals surface area (Å²) < 4.78 is 5.37. The molecule has 1 aliphatic heterocycles. The Morgan fingerprint density at radius 2 is 2.10 bits per heavy atom. The van der Waals surface area contributed by atoms with Gasteiger partial charge in [-0.3, -0.25) is 0 Å². The third kappa shape index (κ3) is 1.01. The van der Waals surface area contributed by atoms with Crippen LogP contribution < -0.4 is 0 Å². The smallest absolute Gasteiger partial charge is 0.0583 e. The predicted octanol–water partition coefficient (Wildman–Crippen LogP) is 2.36. The van der Waals surface area contributed by atoms with Gasteiger partial charge < -0.3 is 0 Å². The van der Waals surface area contributed by atoms with Crippen LogP contribution in [-0.4, -0.2) is 6.21 Å². The van der Waals surface area contributed by atoms with Crippen LogP contribution in [0.2, 0.25) is 0 Å². The summed E-state index contributed by atoms with van der Waals surface area (Å²) in [5.74, 6) is 0. The Balaban J connectivity index is 2.65. The summed E-state index contributed by atoms with van der Waals surface area (Å²) in [6.45, 7) is 0. The molecule has 1 aromatic carbocycles. The molecule has 0 atom stereocenters. The summed E-state index contributed by atoms with van der Waals surface area (Å²) in [5.41, 5.74) is 1.24. The van der Waals surface area contributed by atoms with Crippen LogP contribution >= 0.6 is 21.0 Å². The second-order valence-electron chi connectivity index (χ2n) is 1.93. The first-order valence-corrected chi connectivity index (χ1v) is 4.98. The largest absolute Gasteiger partial charge is 0.153 e. The van der Waals surface area contributed by atoms with Gasteiger partial charge in [-0.15, -0.1) is 3.25 Å². The highest BCUT2D eigenvalue weighted by Crippen LogP contribution is 2.20. The van der Waals surface area contributed by atoms with Crippen molar-refractivity contribution in [2.45, 2.75) is 0 Å². The molecule has 1 aliphatic rings. The first-order chi connectivity index (χ1) is 4.97. The van der Waals surface area contributed by atoms with Gasteiger partial charge in [0.05, 0.1) is 27.2 Å². The van der Waals surface area contributed by atoms with Gasteiger partial charge in [-0.1, -0.05) is 18.2 Å². The summed E-state index contributed by atoms with van der Waals surface area (Å²) in [4.78, 5) is 0. The molecule has 0 N–H and O–H groups in total. The Hall–Kier alpha value is -0.580. The number of fused-ring (bicyclic) bond motifs is 1. The van der Waals surface area contributed by atoms with E-state index in [0.717, 1.165) is 0 Å². The van der Waals surface area contributed by atoms with Crippen LogP contribution in [0.1, 0.15) is 5.56 Å². The average molecular weight is 244 g/mol. The monoisotopic (exact) mass is 244 g/mol. The fourth-order valence-corrected chi connectivity index (χ4v) is 2.25. The van der Waals surface area contributed by atoms with E-state index in [9.17, 15) is 0 Å². The third-order valence-electron chi connectivity index (χ3n) is 1.27. The summed E-state index contributed by atoms with van der Waals surface area (Å²) in [7, 11) is 0. The molecule has 10 heavy (non-hydrogen) atoms. The molecule has 2 rings (SSSR count). The Morgan fingerprint density at radius 3 is 3.00 bits per heavy atom. The van der Waals surface area contributed by atoms with Crippen LogP contribution in [0.25, 0.3) is 0 Å². The lowest BCUT2D eigenvalue weighted by Crippen LogP contribution is -1.86. The van der Waals surface area contributed by atoms with E-state index in [1.807, 2.05) is 18.3 Å². The highest BCUT2D eigenvalue weighted by atomic mass is 127. The quantitative estimate of drug-likeness (QED) is 0.626. The van der Waals surface area contributed by atoms with E-state index in [2.05, 4.69) is 20.5 Å². The molecule has 0 aliphatic carbocycles. The fraction of sp³-hybridized carbons (Fsp3) is 0. The third-order valence-corrected chi connectivity index (χ3v) is 3.24. The molecule has 1 aromatic rings. The number of halogens is 1. The van der Waals surface area contributed by atoms with E-state index in [1.165, 1.54) is 9.13 Å². The molecule has 0 saturated heterocycles. The summed E-state index contributed by atoms with van der Waals surface area (Å²) in [6.07, 6.45) is 1.82. The summed E-state index contributed by atoms with van der Waals surface area (Å²) in [6, 6.07) is 8.28. The lowest BCUT2D eigenvalue weighted by Gasteiger charge is -1.98. The molecule has 0 spiro atoms. The van der Waals surface area contributed by atoms with Crippen molar-refractivity contribution in [3.05, 3.63) is 33.4 Å². The standard InChI is InChI=1S/C7H5IN2/c1-2-4-7-6(3-1)5-9-10-8-7/h1-5H. The zero-order valence-corrected chi connectivity index (χ0v) is 7.32. The molecular formula is C7H5IN2. The molecule has 0 bridgehead atoms. The average Bonchev–Trinajstić information content (AvgIpc) is 2.05. The molecule has 0 aromatic heterocycles. The maximum atomic E-state index is 4.00. The molecule has 0 radical (unpaired) electrons. The van der Waals surface area contributed by atoms with Gasteiger partial charge in [-0.25, -0.2) is 0 Å². The second-order valence-corrected chi connectivity index (χ2v) is 4.00. The molecule has 0 saturated carbocycles. The van der Waals surface area contributed by atoms with Gasteiger partial charge in [0.2, 0.25) is 0 Å². The van der Waals surface area contributed by atoms with Crippen molar-refractivity contribution in [1.29, 1.82) is 0 Å². The van der Waals surface area contributed by atoms with Gasteiger partial charge >= 0.3 is 0 Å². The molecule has 0 fully saturated rings. The van der Waals surface area contributed by atoms with E-state index in [1.54, 1.807) is 0 Å². The van der Waals surface area contributed by atoms with Crippen molar-refractivity contribution in [1.82, 2.24) is 0 Å². The van der Waals surface area contributed by atoms with E-state index in [4.69, 9.17) is 0 Å². The maximum Gasteiger partial charge on any atom is 0.0583 e. The van der Waals surface area contributed by atoms with Crippen molar-refractivity contribution < 1.29 is 0 Å². The molecular weight excluding hydrogens is 239 g/mol. The number of hydrogen-bond acceptors (Lipinski definition) is 2. The number of benzene rings is 1. The summed E-state index contributed by atoms with van der Waals surface area (Å²) in [5, 5.41) is 3.87. The van der Waals surface area contributed by atoms with E-state index in [0.29, 0.717) is 0 Å². The number of rotatable bonds is 0. The van der Waals surface area contributed by atoms with Crippen LogP contribution in [0.5, 0.6) is 0 Å². The van der Waals surface area contributed by atoms with Crippen LogP contribution in [0, 0.1) is 3.57 Å². The minimum atomic E-state index is -0.178. The van der Waals surface area contributed by atoms with Crippen molar-refractivity contribution in [2.24, 2.45) is 8.36 Å². The minimum absolute atomic E-state index is 0.178. The minimum Gasteiger partial charge on any atom is -0.153 e. The van der Waals surface area contributed by atoms with Crippen LogP contribution in [0.4, 0.5) is 0 Å². The zero-order chi connectivity index (χ0) is 6.81. The lowest BCUT2D eigenvalue weighted by atomic mass is 10.2. The van der Waals surface area contributed by atoms with Gasteiger partial charge in [-0.05, 0) is 6.07 Å². The molecule has 0 amide bonds. The Morgan fingerprint density at radius 1 is 1.20 bits per heavy atom. The molecule has 1 heterocycles. The first-order valence-electron chi connectivity index (χ1n) is 2.93. The molecule has 3 heteroatoms. The Kier molecular flexibility index (Phi) is 1.58. The lowest BCUT2D eigenvalue weighted by molar-refractivity contribution is 1.31. The van der Waals surface area contributed by atoms with Crippen LogP contribution in [-0.2, 0) is 0 Å². The molecule has 2 nitrogen and oxygen atoms in total. The van der Waals surface area contributed by atoms with E-state index in [-0.39, 0.29) is 21.0 Å². The summed E-state index contributed by atoms with van der Waals surface area (Å²) >= 11 is -0.178. The van der Waals surface area contributed by atoms with E-state index < -0.39 is 0 Å². The first kappa shape index (κ1) is 6.15. The van der Waals surface area contributed by atoms with Crippen molar-refractivity contribution in [3.8, 4) is 0 Å². The van der Waals surface area contributed by atoms with Gasteiger partial charge in [0.25, 0.3) is 0 Å². The van der Waals surface area contributed by atoms with Crippen molar-refractivity contribution >= 4 is 27.2 Å². The maximum absolute atomic E-state index is 4.00. The Labute approximate surface area is 69.1 Å². The van der Waals surface area contributed by atoms with Gasteiger partial charge in [-0.2, -0.15) is 5.10 Å². The predicted molar refractivity (Wildman–Crippen MR) is 49.2 cm³/mol. The zero-order valence-electron chi connectivity index (χ0n) is 5.16. The molecule has 0 unspecified atom stereocenters. The van der Waals surface area contributed by atoms with Crippen LogP contribution in [0.15, 0.2) is 32.6 Å². The van der Waals surface area contributed by atoms with E-state index >= 15 is 0 Å². The van der Waals surface area contributed by atoms with Gasteiger partial charge in [0.15, 0.2) is 0 Å². The highest BCUT2D eigenvalue weighted by molar-refractivity contribution is 14.2. The topological polar surface area (TPSA) is 24.7 Å². The van der Waals surface area contributed by atoms with Crippen molar-refractivity contribution in [3.63, 3.8) is 0 Å². The SMILES string of the molecule is C1=NN=Ic2ccccc21. The highest BCUT2D eigenvalue weighted by Gasteiger charge is 1.98. The van der Waals surface area contributed by atoms with Crippen molar-refractivity contribution in [2.75, 3.05) is 0 Å². The normalized spacial score (nSPS) is 14.0. The van der Waals surface area contributed by atoms with Gasteiger partial charge in [0, 0.05) is 9.13 Å². The second kappa shape index (κ2) is 2.57. The number of hydrogen-bond donors (Lipinski definition) is 0.